The first kappa shape index (κ1) is 12.2. The van der Waals surface area contributed by atoms with E-state index in [9.17, 15) is 4.79 Å². The third-order valence-electron chi connectivity index (χ3n) is 3.87. The Morgan fingerprint density at radius 2 is 2.11 bits per heavy atom. The van der Waals surface area contributed by atoms with Crippen molar-refractivity contribution in [1.29, 1.82) is 0 Å². The minimum absolute atomic E-state index is 0.183. The minimum Gasteiger partial charge on any atom is -0.353 e. The van der Waals surface area contributed by atoms with E-state index in [4.69, 9.17) is 0 Å². The summed E-state index contributed by atoms with van der Waals surface area (Å²) in [5.41, 5.74) is 0. The van der Waals surface area contributed by atoms with Crippen LogP contribution >= 0.6 is 11.3 Å². The second-order valence-corrected chi connectivity index (χ2v) is 6.40. The second-order valence-electron chi connectivity index (χ2n) is 5.37. The highest BCUT2D eigenvalue weighted by Gasteiger charge is 2.31. The maximum Gasteiger partial charge on any atom is 0.225 e. The van der Waals surface area contributed by atoms with Gasteiger partial charge in [-0.3, -0.25) is 4.79 Å². The summed E-state index contributed by atoms with van der Waals surface area (Å²) in [4.78, 5) is 15.6. The third kappa shape index (κ3) is 3.12. The number of likely N-dealkylation sites (tertiary alicyclic amines) is 1. The molecule has 0 bridgehead atoms. The zero-order valence-corrected chi connectivity index (χ0v) is 11.4. The normalized spacial score (nSPS) is 22.0. The van der Waals surface area contributed by atoms with E-state index in [1.807, 2.05) is 17.5 Å². The average molecular weight is 264 g/mol. The van der Waals surface area contributed by atoms with Crippen molar-refractivity contribution in [1.82, 2.24) is 10.2 Å². The van der Waals surface area contributed by atoms with E-state index in [1.54, 1.807) is 11.3 Å². The van der Waals surface area contributed by atoms with Gasteiger partial charge in [-0.25, -0.2) is 0 Å². The molecule has 0 spiro atoms. The summed E-state index contributed by atoms with van der Waals surface area (Å²) in [6.45, 7) is 2.32. The number of nitrogens with zero attached hydrogens (tertiary/aromatic N) is 1. The number of amides is 1. The number of hydrogen-bond acceptors (Lipinski definition) is 3. The molecule has 0 unspecified atom stereocenters. The molecule has 1 aromatic heterocycles. The number of rotatable bonds is 4. The molecule has 1 aliphatic carbocycles. The van der Waals surface area contributed by atoms with Crippen molar-refractivity contribution in [3.05, 3.63) is 22.4 Å². The molecule has 3 rings (SSSR count). The van der Waals surface area contributed by atoms with Gasteiger partial charge in [-0.2, -0.15) is 0 Å². The first-order chi connectivity index (χ1) is 8.81. The van der Waals surface area contributed by atoms with Gasteiger partial charge in [0, 0.05) is 30.1 Å². The van der Waals surface area contributed by atoms with Gasteiger partial charge in [0.05, 0.1) is 6.42 Å². The van der Waals surface area contributed by atoms with E-state index < -0.39 is 0 Å². The summed E-state index contributed by atoms with van der Waals surface area (Å²) in [5.74, 6) is 0.183. The van der Waals surface area contributed by atoms with Gasteiger partial charge < -0.3 is 10.2 Å². The van der Waals surface area contributed by atoms with Crippen LogP contribution in [0.2, 0.25) is 0 Å². The van der Waals surface area contributed by atoms with Crippen molar-refractivity contribution in [2.75, 3.05) is 13.1 Å². The fraction of sp³-hybridized carbons (Fsp3) is 0.643. The van der Waals surface area contributed by atoms with Crippen molar-refractivity contribution in [2.24, 2.45) is 0 Å². The Kier molecular flexibility index (Phi) is 3.66. The molecule has 1 N–H and O–H groups in total. The number of nitrogens with one attached hydrogen (secondary N) is 1. The van der Waals surface area contributed by atoms with Gasteiger partial charge in [0.15, 0.2) is 0 Å². The van der Waals surface area contributed by atoms with Crippen LogP contribution < -0.4 is 5.32 Å². The number of piperidine rings is 1. The number of hydrogen-bond donors (Lipinski definition) is 1. The molecule has 0 atom stereocenters. The highest BCUT2D eigenvalue weighted by Crippen LogP contribution is 2.29. The summed E-state index contributed by atoms with van der Waals surface area (Å²) in [6.07, 6.45) is 5.55. The summed E-state index contributed by atoms with van der Waals surface area (Å²) in [5, 5.41) is 5.20. The standard InChI is InChI=1S/C14H20N2OS/c17-14(10-13-2-1-9-18-13)15-11-5-7-16(8-6-11)12-3-4-12/h1-2,9,11-12H,3-8,10H2,(H,15,17). The van der Waals surface area contributed by atoms with Crippen LogP contribution in [-0.2, 0) is 11.2 Å². The van der Waals surface area contributed by atoms with E-state index in [1.165, 1.54) is 12.8 Å². The molecule has 4 heteroatoms. The van der Waals surface area contributed by atoms with E-state index in [2.05, 4.69) is 10.2 Å². The Labute approximate surface area is 112 Å². The first-order valence-corrected chi connectivity index (χ1v) is 7.75. The lowest BCUT2D eigenvalue weighted by atomic mass is 10.0. The Hall–Kier alpha value is -0.870. The summed E-state index contributed by atoms with van der Waals surface area (Å²) in [7, 11) is 0. The topological polar surface area (TPSA) is 32.3 Å². The Morgan fingerprint density at radius 3 is 2.72 bits per heavy atom. The fourth-order valence-electron chi connectivity index (χ4n) is 2.70. The highest BCUT2D eigenvalue weighted by molar-refractivity contribution is 7.10. The van der Waals surface area contributed by atoms with Crippen molar-refractivity contribution in [3.63, 3.8) is 0 Å². The molecular formula is C14H20N2OS. The molecule has 1 amide bonds. The van der Waals surface area contributed by atoms with Crippen molar-refractivity contribution in [2.45, 2.75) is 44.2 Å². The van der Waals surface area contributed by atoms with Gasteiger partial charge in [-0.1, -0.05) is 6.07 Å². The molecule has 2 aliphatic rings. The van der Waals surface area contributed by atoms with Crippen molar-refractivity contribution in [3.8, 4) is 0 Å². The molecule has 1 aliphatic heterocycles. The Balaban J connectivity index is 1.41. The monoisotopic (exact) mass is 264 g/mol. The Bertz CT molecular complexity index is 392. The van der Waals surface area contributed by atoms with Crippen LogP contribution in [0, 0.1) is 0 Å². The molecule has 3 nitrogen and oxygen atoms in total. The largest absolute Gasteiger partial charge is 0.353 e. The highest BCUT2D eigenvalue weighted by atomic mass is 32.1. The van der Waals surface area contributed by atoms with Gasteiger partial charge in [-0.05, 0) is 37.1 Å². The lowest BCUT2D eigenvalue weighted by Crippen LogP contribution is -2.45. The molecule has 98 valence electrons. The summed E-state index contributed by atoms with van der Waals surface area (Å²) >= 11 is 1.66. The molecule has 18 heavy (non-hydrogen) atoms. The molecule has 2 fully saturated rings. The van der Waals surface area contributed by atoms with Gasteiger partial charge in [0.1, 0.15) is 0 Å². The number of carbonyl (C=O) groups excluding carboxylic acids is 1. The van der Waals surface area contributed by atoms with Crippen LogP contribution in [0.25, 0.3) is 0 Å². The van der Waals surface area contributed by atoms with Crippen LogP contribution in [0.4, 0.5) is 0 Å². The van der Waals surface area contributed by atoms with Crippen molar-refractivity contribution >= 4 is 17.2 Å². The lowest BCUT2D eigenvalue weighted by Gasteiger charge is -2.32. The fourth-order valence-corrected chi connectivity index (χ4v) is 3.40. The van der Waals surface area contributed by atoms with Gasteiger partial charge >= 0.3 is 0 Å². The van der Waals surface area contributed by atoms with E-state index >= 15 is 0 Å². The smallest absolute Gasteiger partial charge is 0.225 e. The second kappa shape index (κ2) is 5.41. The summed E-state index contributed by atoms with van der Waals surface area (Å²) in [6, 6.07) is 5.29. The zero-order chi connectivity index (χ0) is 12.4. The molecule has 0 radical (unpaired) electrons. The van der Waals surface area contributed by atoms with Crippen molar-refractivity contribution < 1.29 is 4.79 Å². The summed E-state index contributed by atoms with van der Waals surface area (Å²) < 4.78 is 0. The van der Waals surface area contributed by atoms with Crippen LogP contribution in [0.15, 0.2) is 17.5 Å². The molecule has 1 aromatic rings. The van der Waals surface area contributed by atoms with Crippen LogP contribution in [0.1, 0.15) is 30.6 Å². The molecule has 1 saturated carbocycles. The van der Waals surface area contributed by atoms with Gasteiger partial charge in [0.25, 0.3) is 0 Å². The average Bonchev–Trinajstić information content (AvgIpc) is 3.09. The minimum atomic E-state index is 0.183. The van der Waals surface area contributed by atoms with Crippen LogP contribution in [-0.4, -0.2) is 36.0 Å². The van der Waals surface area contributed by atoms with Crippen LogP contribution in [0.5, 0.6) is 0 Å². The Morgan fingerprint density at radius 1 is 1.33 bits per heavy atom. The van der Waals surface area contributed by atoms with Gasteiger partial charge in [-0.15, -0.1) is 11.3 Å². The lowest BCUT2D eigenvalue weighted by molar-refractivity contribution is -0.121. The number of carbonyl (C=O) groups is 1. The van der Waals surface area contributed by atoms with E-state index in [0.29, 0.717) is 12.5 Å². The maximum atomic E-state index is 11.9. The molecule has 0 aromatic carbocycles. The molecule has 2 heterocycles. The molecular weight excluding hydrogens is 244 g/mol. The SMILES string of the molecule is O=C(Cc1cccs1)NC1CCN(C2CC2)CC1. The zero-order valence-electron chi connectivity index (χ0n) is 10.6. The van der Waals surface area contributed by atoms with Gasteiger partial charge in [0.2, 0.25) is 5.91 Å². The molecule has 1 saturated heterocycles. The maximum absolute atomic E-state index is 11.9. The predicted octanol–water partition coefficient (Wildman–Crippen LogP) is 2.03. The van der Waals surface area contributed by atoms with E-state index in [-0.39, 0.29) is 5.91 Å². The number of thiophene rings is 1. The first-order valence-electron chi connectivity index (χ1n) is 6.87. The van der Waals surface area contributed by atoms with Crippen LogP contribution in [0.3, 0.4) is 0 Å². The predicted molar refractivity (Wildman–Crippen MR) is 73.8 cm³/mol. The third-order valence-corrected chi connectivity index (χ3v) is 4.75. The van der Waals surface area contributed by atoms with E-state index in [0.717, 1.165) is 36.9 Å². The quantitative estimate of drug-likeness (QED) is 0.902.